The number of hydrogen-bond donors (Lipinski definition) is 1. The molecule has 2 heterocycles. The van der Waals surface area contributed by atoms with Crippen LogP contribution in [0.25, 0.3) is 11.2 Å². The Kier molecular flexibility index (Phi) is 3.31. The molecule has 17 heavy (non-hydrogen) atoms. The molecule has 4 nitrogen and oxygen atoms in total. The summed E-state index contributed by atoms with van der Waals surface area (Å²) in [7, 11) is 0. The zero-order valence-corrected chi connectivity index (χ0v) is 11.2. The highest BCUT2D eigenvalue weighted by Crippen LogP contribution is 2.17. The average molecular weight is 251 g/mol. The SMILES string of the molecule is CCOC(C)(C)Cn1c(=S)[nH]c2cccnc21. The number of nitrogens with zero attached hydrogens (tertiary/aromatic N) is 2. The van der Waals surface area contributed by atoms with Crippen molar-refractivity contribution < 1.29 is 4.74 Å². The number of H-pyrrole nitrogens is 1. The van der Waals surface area contributed by atoms with Crippen LogP contribution in [-0.2, 0) is 11.3 Å². The molecule has 0 aromatic carbocycles. The summed E-state index contributed by atoms with van der Waals surface area (Å²) in [4.78, 5) is 7.51. The van der Waals surface area contributed by atoms with Crippen molar-refractivity contribution in [2.45, 2.75) is 32.9 Å². The molecule has 0 spiro atoms. The fourth-order valence-electron chi connectivity index (χ4n) is 1.95. The number of rotatable bonds is 4. The van der Waals surface area contributed by atoms with E-state index in [-0.39, 0.29) is 5.60 Å². The highest BCUT2D eigenvalue weighted by Gasteiger charge is 2.20. The molecule has 5 heteroatoms. The number of nitrogens with one attached hydrogen (secondary N) is 1. The van der Waals surface area contributed by atoms with Gasteiger partial charge in [0.25, 0.3) is 0 Å². The van der Waals surface area contributed by atoms with E-state index in [1.807, 2.05) is 23.6 Å². The monoisotopic (exact) mass is 251 g/mol. The van der Waals surface area contributed by atoms with E-state index in [0.29, 0.717) is 17.9 Å². The Bertz CT molecular complexity index is 570. The van der Waals surface area contributed by atoms with Crippen LogP contribution in [0.3, 0.4) is 0 Å². The lowest BCUT2D eigenvalue weighted by Gasteiger charge is -2.25. The smallest absolute Gasteiger partial charge is 0.179 e. The number of pyridine rings is 1. The van der Waals surface area contributed by atoms with Crippen LogP contribution in [0.1, 0.15) is 20.8 Å². The van der Waals surface area contributed by atoms with Gasteiger partial charge >= 0.3 is 0 Å². The van der Waals surface area contributed by atoms with E-state index in [0.717, 1.165) is 11.2 Å². The maximum Gasteiger partial charge on any atom is 0.179 e. The zero-order valence-electron chi connectivity index (χ0n) is 10.4. The van der Waals surface area contributed by atoms with E-state index in [1.54, 1.807) is 6.20 Å². The summed E-state index contributed by atoms with van der Waals surface area (Å²) in [5, 5.41) is 0. The van der Waals surface area contributed by atoms with Gasteiger partial charge in [0.2, 0.25) is 0 Å². The molecule has 92 valence electrons. The Morgan fingerprint density at radius 1 is 1.53 bits per heavy atom. The van der Waals surface area contributed by atoms with E-state index in [9.17, 15) is 0 Å². The van der Waals surface area contributed by atoms with Crippen LogP contribution < -0.4 is 0 Å². The van der Waals surface area contributed by atoms with Gasteiger partial charge < -0.3 is 9.72 Å². The summed E-state index contributed by atoms with van der Waals surface area (Å²) < 4.78 is 8.37. The molecule has 2 aromatic rings. The van der Waals surface area contributed by atoms with Gasteiger partial charge in [0.15, 0.2) is 10.4 Å². The molecule has 0 aliphatic heterocycles. The number of fused-ring (bicyclic) bond motifs is 1. The van der Waals surface area contributed by atoms with Gasteiger partial charge in [0, 0.05) is 12.8 Å². The second kappa shape index (κ2) is 4.58. The van der Waals surface area contributed by atoms with Crippen LogP contribution in [0.15, 0.2) is 18.3 Å². The summed E-state index contributed by atoms with van der Waals surface area (Å²) in [6.07, 6.45) is 1.77. The van der Waals surface area contributed by atoms with Crippen molar-refractivity contribution in [3.63, 3.8) is 0 Å². The van der Waals surface area contributed by atoms with E-state index >= 15 is 0 Å². The van der Waals surface area contributed by atoms with Gasteiger partial charge in [-0.25, -0.2) is 4.98 Å². The second-order valence-corrected chi connectivity index (χ2v) is 4.97. The van der Waals surface area contributed by atoms with Crippen molar-refractivity contribution in [1.29, 1.82) is 0 Å². The molecule has 0 aliphatic carbocycles. The topological polar surface area (TPSA) is 42.8 Å². The summed E-state index contributed by atoms with van der Waals surface area (Å²) in [6.45, 7) is 7.49. The Hall–Kier alpha value is -1.20. The van der Waals surface area contributed by atoms with Crippen LogP contribution >= 0.6 is 12.2 Å². The predicted octanol–water partition coefficient (Wildman–Crippen LogP) is 2.91. The predicted molar refractivity (Wildman–Crippen MR) is 70.6 cm³/mol. The molecule has 0 saturated heterocycles. The molecule has 0 aliphatic rings. The zero-order chi connectivity index (χ0) is 12.5. The van der Waals surface area contributed by atoms with Gasteiger partial charge in [0.1, 0.15) is 0 Å². The average Bonchev–Trinajstić information content (AvgIpc) is 2.55. The Morgan fingerprint density at radius 3 is 3.00 bits per heavy atom. The molecule has 0 radical (unpaired) electrons. The third-order valence-electron chi connectivity index (χ3n) is 2.60. The highest BCUT2D eigenvalue weighted by molar-refractivity contribution is 7.71. The van der Waals surface area contributed by atoms with Crippen molar-refractivity contribution in [2.24, 2.45) is 0 Å². The lowest BCUT2D eigenvalue weighted by atomic mass is 10.1. The summed E-state index contributed by atoms with van der Waals surface area (Å²) in [6, 6.07) is 3.87. The van der Waals surface area contributed by atoms with Gasteiger partial charge in [-0.1, -0.05) is 0 Å². The van der Waals surface area contributed by atoms with Crippen molar-refractivity contribution >= 4 is 23.4 Å². The Morgan fingerprint density at radius 2 is 2.29 bits per heavy atom. The highest BCUT2D eigenvalue weighted by atomic mass is 32.1. The molecule has 0 bridgehead atoms. The van der Waals surface area contributed by atoms with Gasteiger partial charge in [-0.2, -0.15) is 0 Å². The standard InChI is InChI=1S/C12H17N3OS/c1-4-16-12(2,3)8-15-10-9(14-11(15)17)6-5-7-13-10/h5-7H,4,8H2,1-3H3,(H,14,17). The first-order valence-corrected chi connectivity index (χ1v) is 6.12. The molecule has 0 amide bonds. The minimum absolute atomic E-state index is 0.250. The molecule has 1 N–H and O–H groups in total. The first kappa shape index (κ1) is 12.3. The number of aromatic nitrogens is 3. The summed E-state index contributed by atoms with van der Waals surface area (Å²) >= 11 is 5.32. The minimum atomic E-state index is -0.250. The lowest BCUT2D eigenvalue weighted by molar-refractivity contribution is -0.0219. The number of hydrogen-bond acceptors (Lipinski definition) is 3. The third-order valence-corrected chi connectivity index (χ3v) is 2.93. The Balaban J connectivity index is 2.42. The maximum atomic E-state index is 5.70. The van der Waals surface area contributed by atoms with Crippen molar-refractivity contribution in [2.75, 3.05) is 6.61 Å². The second-order valence-electron chi connectivity index (χ2n) is 4.58. The summed E-state index contributed by atoms with van der Waals surface area (Å²) in [5.41, 5.74) is 1.59. The van der Waals surface area contributed by atoms with Crippen LogP contribution in [0.4, 0.5) is 0 Å². The third kappa shape index (κ3) is 2.56. The number of ether oxygens (including phenoxy) is 1. The molecule has 0 saturated carbocycles. The molecular weight excluding hydrogens is 234 g/mol. The van der Waals surface area contributed by atoms with Crippen LogP contribution in [0, 0.1) is 4.77 Å². The van der Waals surface area contributed by atoms with Gasteiger partial charge in [-0.05, 0) is 45.1 Å². The van der Waals surface area contributed by atoms with Gasteiger partial charge in [-0.15, -0.1) is 0 Å². The molecule has 0 unspecified atom stereocenters. The van der Waals surface area contributed by atoms with Crippen molar-refractivity contribution in [1.82, 2.24) is 14.5 Å². The molecule has 0 atom stereocenters. The maximum absolute atomic E-state index is 5.70. The molecule has 2 aromatic heterocycles. The van der Waals surface area contributed by atoms with Gasteiger partial charge in [-0.3, -0.25) is 4.57 Å². The van der Waals surface area contributed by atoms with Gasteiger partial charge in [0.05, 0.1) is 17.7 Å². The Labute approximate surface area is 106 Å². The normalized spacial score (nSPS) is 12.2. The molecule has 0 fully saturated rings. The quantitative estimate of drug-likeness (QED) is 0.850. The largest absolute Gasteiger partial charge is 0.374 e. The molecular formula is C12H17N3OS. The van der Waals surface area contributed by atoms with E-state index in [4.69, 9.17) is 17.0 Å². The van der Waals surface area contributed by atoms with Crippen LogP contribution in [0.5, 0.6) is 0 Å². The minimum Gasteiger partial charge on any atom is -0.374 e. The van der Waals surface area contributed by atoms with E-state index < -0.39 is 0 Å². The fourth-order valence-corrected chi connectivity index (χ4v) is 2.21. The first-order valence-electron chi connectivity index (χ1n) is 5.71. The van der Waals surface area contributed by atoms with Crippen LogP contribution in [-0.4, -0.2) is 26.7 Å². The van der Waals surface area contributed by atoms with Crippen molar-refractivity contribution in [3.05, 3.63) is 23.1 Å². The lowest BCUT2D eigenvalue weighted by Crippen LogP contribution is -2.30. The molecule has 2 rings (SSSR count). The van der Waals surface area contributed by atoms with Crippen molar-refractivity contribution in [3.8, 4) is 0 Å². The number of imidazole rings is 1. The van der Waals surface area contributed by atoms with E-state index in [1.165, 1.54) is 0 Å². The number of aromatic amines is 1. The first-order chi connectivity index (χ1) is 8.03. The van der Waals surface area contributed by atoms with Crippen LogP contribution in [0.2, 0.25) is 0 Å². The van der Waals surface area contributed by atoms with E-state index in [2.05, 4.69) is 23.8 Å². The summed E-state index contributed by atoms with van der Waals surface area (Å²) in [5.74, 6) is 0. The fraction of sp³-hybridized carbons (Fsp3) is 0.500.